The SMILES string of the molecule is Cc1nc(Nc2ccc(C(C)C)cc2)cc(C(=O)NCc2ccccn2)n1. The van der Waals surface area contributed by atoms with Gasteiger partial charge in [-0.05, 0) is 42.7 Å². The number of aromatic nitrogens is 3. The number of carbonyl (C=O) groups excluding carboxylic acids is 1. The Morgan fingerprint density at radius 2 is 1.85 bits per heavy atom. The molecule has 138 valence electrons. The maximum absolute atomic E-state index is 12.4. The molecule has 0 atom stereocenters. The highest BCUT2D eigenvalue weighted by Gasteiger charge is 2.11. The molecular formula is C21H23N5O. The number of carbonyl (C=O) groups is 1. The molecule has 0 aliphatic heterocycles. The van der Waals surface area contributed by atoms with Gasteiger partial charge in [0.2, 0.25) is 0 Å². The predicted molar refractivity (Wildman–Crippen MR) is 106 cm³/mol. The lowest BCUT2D eigenvalue weighted by molar-refractivity contribution is 0.0945. The predicted octanol–water partition coefficient (Wildman–Crippen LogP) is 3.98. The molecule has 0 aliphatic carbocycles. The molecule has 0 aliphatic rings. The van der Waals surface area contributed by atoms with Gasteiger partial charge in [-0.3, -0.25) is 9.78 Å². The highest BCUT2D eigenvalue weighted by molar-refractivity contribution is 5.93. The van der Waals surface area contributed by atoms with E-state index < -0.39 is 0 Å². The van der Waals surface area contributed by atoms with E-state index in [4.69, 9.17) is 0 Å². The van der Waals surface area contributed by atoms with Crippen LogP contribution >= 0.6 is 0 Å². The number of aryl methyl sites for hydroxylation is 1. The van der Waals surface area contributed by atoms with Crippen LogP contribution in [0.5, 0.6) is 0 Å². The summed E-state index contributed by atoms with van der Waals surface area (Å²) in [5, 5.41) is 6.07. The van der Waals surface area contributed by atoms with Crippen molar-refractivity contribution in [2.24, 2.45) is 0 Å². The van der Waals surface area contributed by atoms with Gasteiger partial charge in [0.25, 0.3) is 5.91 Å². The van der Waals surface area contributed by atoms with Gasteiger partial charge in [-0.2, -0.15) is 0 Å². The second-order valence-electron chi connectivity index (χ2n) is 6.59. The van der Waals surface area contributed by atoms with E-state index >= 15 is 0 Å². The standard InChI is InChI=1S/C21H23N5O/c1-14(2)16-7-9-17(10-8-16)26-20-12-19(24-15(3)25-20)21(27)23-13-18-6-4-5-11-22-18/h4-12,14H,13H2,1-3H3,(H,23,27)(H,24,25,26). The smallest absolute Gasteiger partial charge is 0.270 e. The van der Waals surface area contributed by atoms with Gasteiger partial charge in [-0.1, -0.05) is 32.0 Å². The number of amides is 1. The lowest BCUT2D eigenvalue weighted by Gasteiger charge is -2.10. The van der Waals surface area contributed by atoms with Gasteiger partial charge in [0.15, 0.2) is 0 Å². The van der Waals surface area contributed by atoms with Crippen LogP contribution < -0.4 is 10.6 Å². The number of anilines is 2. The van der Waals surface area contributed by atoms with Gasteiger partial charge in [0, 0.05) is 18.0 Å². The quantitative estimate of drug-likeness (QED) is 0.694. The van der Waals surface area contributed by atoms with Gasteiger partial charge >= 0.3 is 0 Å². The van der Waals surface area contributed by atoms with Gasteiger partial charge in [0.05, 0.1) is 12.2 Å². The first-order valence-electron chi connectivity index (χ1n) is 8.92. The third-order valence-corrected chi connectivity index (χ3v) is 4.08. The average molecular weight is 361 g/mol. The van der Waals surface area contributed by atoms with Crippen molar-refractivity contribution in [1.29, 1.82) is 0 Å². The Kier molecular flexibility index (Phi) is 5.76. The number of nitrogens with zero attached hydrogens (tertiary/aromatic N) is 3. The Labute approximate surface area is 159 Å². The maximum Gasteiger partial charge on any atom is 0.270 e. The van der Waals surface area contributed by atoms with Gasteiger partial charge in [-0.25, -0.2) is 9.97 Å². The van der Waals surface area contributed by atoms with Crippen LogP contribution in [0.25, 0.3) is 0 Å². The second kappa shape index (κ2) is 8.40. The minimum Gasteiger partial charge on any atom is -0.345 e. The number of hydrogen-bond donors (Lipinski definition) is 2. The molecule has 2 aromatic heterocycles. The maximum atomic E-state index is 12.4. The zero-order chi connectivity index (χ0) is 19.2. The van der Waals surface area contributed by atoms with E-state index in [1.165, 1.54) is 5.56 Å². The van der Waals surface area contributed by atoms with E-state index in [-0.39, 0.29) is 5.91 Å². The minimum atomic E-state index is -0.260. The summed E-state index contributed by atoms with van der Waals surface area (Å²) in [7, 11) is 0. The molecule has 0 fully saturated rings. The molecular weight excluding hydrogens is 338 g/mol. The summed E-state index contributed by atoms with van der Waals surface area (Å²) in [6.45, 7) is 6.43. The highest BCUT2D eigenvalue weighted by Crippen LogP contribution is 2.20. The normalized spacial score (nSPS) is 10.7. The van der Waals surface area contributed by atoms with E-state index in [1.807, 2.05) is 30.3 Å². The molecule has 0 unspecified atom stereocenters. The molecule has 0 saturated heterocycles. The van der Waals surface area contributed by atoms with Crippen molar-refractivity contribution in [1.82, 2.24) is 20.3 Å². The zero-order valence-electron chi connectivity index (χ0n) is 15.7. The monoisotopic (exact) mass is 361 g/mol. The van der Waals surface area contributed by atoms with Crippen LogP contribution in [0, 0.1) is 6.92 Å². The topological polar surface area (TPSA) is 79.8 Å². The largest absolute Gasteiger partial charge is 0.345 e. The second-order valence-corrected chi connectivity index (χ2v) is 6.59. The van der Waals surface area contributed by atoms with Crippen molar-refractivity contribution in [2.75, 3.05) is 5.32 Å². The fraction of sp³-hybridized carbons (Fsp3) is 0.238. The number of rotatable bonds is 6. The first-order chi connectivity index (χ1) is 13.0. The average Bonchev–Trinajstić information content (AvgIpc) is 2.67. The van der Waals surface area contributed by atoms with Crippen LogP contribution in [-0.2, 0) is 6.54 Å². The molecule has 3 aromatic rings. The van der Waals surface area contributed by atoms with Crippen molar-refractivity contribution in [3.8, 4) is 0 Å². The van der Waals surface area contributed by atoms with Crippen molar-refractivity contribution in [2.45, 2.75) is 33.2 Å². The van der Waals surface area contributed by atoms with Gasteiger partial charge in [0.1, 0.15) is 17.3 Å². The van der Waals surface area contributed by atoms with Crippen LogP contribution in [0.4, 0.5) is 11.5 Å². The molecule has 27 heavy (non-hydrogen) atoms. The summed E-state index contributed by atoms with van der Waals surface area (Å²) in [6.07, 6.45) is 1.70. The molecule has 1 amide bonds. The highest BCUT2D eigenvalue weighted by atomic mass is 16.1. The van der Waals surface area contributed by atoms with Crippen molar-refractivity contribution in [3.05, 3.63) is 77.5 Å². The van der Waals surface area contributed by atoms with Crippen molar-refractivity contribution < 1.29 is 4.79 Å². The Bertz CT molecular complexity index is 908. The molecule has 6 heteroatoms. The Hall–Kier alpha value is -3.28. The van der Waals surface area contributed by atoms with E-state index in [1.54, 1.807) is 19.2 Å². The van der Waals surface area contributed by atoms with E-state index in [9.17, 15) is 4.79 Å². The van der Waals surface area contributed by atoms with Crippen LogP contribution in [-0.4, -0.2) is 20.9 Å². The summed E-state index contributed by atoms with van der Waals surface area (Å²) < 4.78 is 0. The molecule has 3 rings (SSSR count). The molecule has 0 bridgehead atoms. The lowest BCUT2D eigenvalue weighted by atomic mass is 10.0. The Balaban J connectivity index is 1.70. The number of benzene rings is 1. The summed E-state index contributed by atoms with van der Waals surface area (Å²) >= 11 is 0. The molecule has 1 aromatic carbocycles. The first kappa shape index (κ1) is 18.5. The van der Waals surface area contributed by atoms with Crippen molar-refractivity contribution >= 4 is 17.4 Å². The summed E-state index contributed by atoms with van der Waals surface area (Å²) in [4.78, 5) is 25.2. The summed E-state index contributed by atoms with van der Waals surface area (Å²) in [5.74, 6) is 1.34. The third-order valence-electron chi connectivity index (χ3n) is 4.08. The summed E-state index contributed by atoms with van der Waals surface area (Å²) in [6, 6.07) is 15.4. The fourth-order valence-electron chi connectivity index (χ4n) is 2.61. The molecule has 0 saturated carbocycles. The Morgan fingerprint density at radius 3 is 2.52 bits per heavy atom. The van der Waals surface area contributed by atoms with Crippen LogP contribution in [0.3, 0.4) is 0 Å². The number of hydrogen-bond acceptors (Lipinski definition) is 5. The third kappa shape index (κ3) is 5.10. The zero-order valence-corrected chi connectivity index (χ0v) is 15.7. The fourth-order valence-corrected chi connectivity index (χ4v) is 2.61. The van der Waals surface area contributed by atoms with Crippen molar-refractivity contribution in [3.63, 3.8) is 0 Å². The number of nitrogens with one attached hydrogen (secondary N) is 2. The molecule has 0 spiro atoms. The lowest BCUT2D eigenvalue weighted by Crippen LogP contribution is -2.24. The van der Waals surface area contributed by atoms with E-state index in [0.29, 0.717) is 29.8 Å². The van der Waals surface area contributed by atoms with Crippen LogP contribution in [0.15, 0.2) is 54.7 Å². The molecule has 0 radical (unpaired) electrons. The van der Waals surface area contributed by atoms with E-state index in [2.05, 4.69) is 51.6 Å². The van der Waals surface area contributed by atoms with Gasteiger partial charge < -0.3 is 10.6 Å². The summed E-state index contributed by atoms with van der Waals surface area (Å²) in [5.41, 5.74) is 3.30. The molecule has 2 heterocycles. The van der Waals surface area contributed by atoms with Crippen LogP contribution in [0.1, 0.15) is 47.3 Å². The molecule has 6 nitrogen and oxygen atoms in total. The van der Waals surface area contributed by atoms with E-state index in [0.717, 1.165) is 11.4 Å². The minimum absolute atomic E-state index is 0.260. The number of pyridine rings is 1. The Morgan fingerprint density at radius 1 is 1.07 bits per heavy atom. The van der Waals surface area contributed by atoms with Crippen LogP contribution in [0.2, 0.25) is 0 Å². The van der Waals surface area contributed by atoms with Gasteiger partial charge in [-0.15, -0.1) is 0 Å². The first-order valence-corrected chi connectivity index (χ1v) is 8.92. The molecule has 2 N–H and O–H groups in total.